The molecule has 1 aliphatic carbocycles. The summed E-state index contributed by atoms with van der Waals surface area (Å²) in [6.45, 7) is 4.85. The molecule has 2 atom stereocenters. The van der Waals surface area contributed by atoms with Crippen molar-refractivity contribution in [3.8, 4) is 0 Å². The minimum absolute atomic E-state index is 0.0150. The van der Waals surface area contributed by atoms with E-state index in [1.165, 1.54) is 12.1 Å². The summed E-state index contributed by atoms with van der Waals surface area (Å²) in [4.78, 5) is 59.8. The highest BCUT2D eigenvalue weighted by Crippen LogP contribution is 2.26. The van der Waals surface area contributed by atoms with E-state index in [0.717, 1.165) is 11.3 Å². The number of Topliss-reactive ketones (excluding diaryl/α,β-unsaturated/α-hetero) is 1. The summed E-state index contributed by atoms with van der Waals surface area (Å²) in [6.07, 6.45) is 7.43. The molecule has 2 aliphatic heterocycles. The average molecular weight is 476 g/mol. The number of fused-ring (bicyclic) bond motifs is 1. The standard InChI is InChI=1S/C27H29N3O5/c1-16(13-22-28-24-17(2)5-3-8-21(24)26(33)29-22)14-23(31)30-11-9-18(10-12-30)25(32)19-6-4-7-20(15-19)27(34)35/h3-8,15-16,18,21H,9-14H2,1-2H3,(H,34,35)/t16-,21?/m0/s1. The van der Waals surface area contributed by atoms with Gasteiger partial charge in [0, 0.05) is 37.4 Å². The number of benzene rings is 1. The molecule has 8 nitrogen and oxygen atoms in total. The number of ketones is 1. The van der Waals surface area contributed by atoms with Gasteiger partial charge in [0.25, 0.3) is 5.91 Å². The second kappa shape index (κ2) is 10.3. The van der Waals surface area contributed by atoms with Gasteiger partial charge in [-0.15, -0.1) is 0 Å². The molecule has 2 heterocycles. The number of hydrogen-bond acceptors (Lipinski definition) is 5. The van der Waals surface area contributed by atoms with Crippen molar-refractivity contribution in [2.75, 3.05) is 13.1 Å². The van der Waals surface area contributed by atoms with E-state index in [4.69, 9.17) is 5.11 Å². The molecule has 0 radical (unpaired) electrons. The van der Waals surface area contributed by atoms with Crippen molar-refractivity contribution in [3.63, 3.8) is 0 Å². The van der Waals surface area contributed by atoms with Gasteiger partial charge in [-0.25, -0.2) is 9.79 Å². The number of piperidine rings is 1. The van der Waals surface area contributed by atoms with Gasteiger partial charge < -0.3 is 10.0 Å². The Bertz CT molecular complexity index is 1180. The van der Waals surface area contributed by atoms with Crippen LogP contribution in [-0.2, 0) is 9.59 Å². The van der Waals surface area contributed by atoms with Gasteiger partial charge >= 0.3 is 5.97 Å². The normalized spacial score (nSPS) is 21.0. The molecule has 3 aliphatic rings. The molecule has 35 heavy (non-hydrogen) atoms. The number of aromatic carboxylic acids is 1. The monoisotopic (exact) mass is 475 g/mol. The Morgan fingerprint density at radius 2 is 1.86 bits per heavy atom. The average Bonchev–Trinajstić information content (AvgIpc) is 2.84. The van der Waals surface area contributed by atoms with Gasteiger partial charge in [0.1, 0.15) is 11.8 Å². The molecular formula is C27H29N3O5. The van der Waals surface area contributed by atoms with Gasteiger partial charge in [-0.2, -0.15) is 4.99 Å². The lowest BCUT2D eigenvalue weighted by Crippen LogP contribution is -2.41. The summed E-state index contributed by atoms with van der Waals surface area (Å²) in [5.74, 6) is -1.54. The van der Waals surface area contributed by atoms with E-state index < -0.39 is 11.9 Å². The number of rotatable bonds is 7. The van der Waals surface area contributed by atoms with Crippen LogP contribution in [0.1, 0.15) is 60.2 Å². The first kappa shape index (κ1) is 24.4. The maximum absolute atomic E-state index is 12.9. The van der Waals surface area contributed by atoms with Crippen LogP contribution in [0.3, 0.4) is 0 Å². The van der Waals surface area contributed by atoms with E-state index in [1.54, 1.807) is 23.1 Å². The number of allylic oxidation sites excluding steroid dienone is 3. The Kier molecular flexibility index (Phi) is 7.19. The van der Waals surface area contributed by atoms with Crippen molar-refractivity contribution < 1.29 is 24.3 Å². The topological polar surface area (TPSA) is 116 Å². The second-order valence-electron chi connectivity index (χ2n) is 9.49. The molecule has 1 aromatic rings. The van der Waals surface area contributed by atoms with E-state index in [9.17, 15) is 19.2 Å². The molecule has 0 aromatic heterocycles. The first-order chi connectivity index (χ1) is 16.7. The van der Waals surface area contributed by atoms with Crippen LogP contribution in [0.15, 0.2) is 58.1 Å². The molecule has 2 amide bonds. The van der Waals surface area contributed by atoms with Crippen LogP contribution in [0.4, 0.5) is 0 Å². The minimum Gasteiger partial charge on any atom is -0.478 e. The Labute approximate surface area is 204 Å². The zero-order valence-corrected chi connectivity index (χ0v) is 19.9. The molecule has 1 fully saturated rings. The maximum Gasteiger partial charge on any atom is 0.335 e. The summed E-state index contributed by atoms with van der Waals surface area (Å²) in [5, 5.41) is 9.16. The molecule has 4 rings (SSSR count). The fourth-order valence-corrected chi connectivity index (χ4v) is 4.79. The highest BCUT2D eigenvalue weighted by atomic mass is 16.4. The number of carboxylic acids is 1. The van der Waals surface area contributed by atoms with Crippen molar-refractivity contribution in [2.45, 2.75) is 39.5 Å². The van der Waals surface area contributed by atoms with E-state index in [1.807, 2.05) is 26.0 Å². The van der Waals surface area contributed by atoms with Gasteiger partial charge in [0.05, 0.1) is 11.3 Å². The summed E-state index contributed by atoms with van der Waals surface area (Å²) in [5.41, 5.74) is 2.18. The molecule has 1 N–H and O–H groups in total. The number of likely N-dealkylation sites (tertiary alicyclic amines) is 1. The summed E-state index contributed by atoms with van der Waals surface area (Å²) in [7, 11) is 0. The number of nitrogens with zero attached hydrogens (tertiary/aromatic N) is 3. The zero-order chi connectivity index (χ0) is 25.1. The summed E-state index contributed by atoms with van der Waals surface area (Å²) >= 11 is 0. The maximum atomic E-state index is 12.9. The molecule has 0 bridgehead atoms. The third-order valence-corrected chi connectivity index (χ3v) is 6.77. The highest BCUT2D eigenvalue weighted by Gasteiger charge is 2.31. The molecule has 182 valence electrons. The Balaban J connectivity index is 1.29. The first-order valence-electron chi connectivity index (χ1n) is 11.9. The highest BCUT2D eigenvalue weighted by molar-refractivity contribution is 6.23. The van der Waals surface area contributed by atoms with E-state index >= 15 is 0 Å². The predicted molar refractivity (Wildman–Crippen MR) is 132 cm³/mol. The number of carbonyl (C=O) groups excluding carboxylic acids is 3. The summed E-state index contributed by atoms with van der Waals surface area (Å²) < 4.78 is 0. The lowest BCUT2D eigenvalue weighted by molar-refractivity contribution is -0.133. The predicted octanol–water partition coefficient (Wildman–Crippen LogP) is 3.73. The van der Waals surface area contributed by atoms with Crippen LogP contribution in [0.2, 0.25) is 0 Å². The molecule has 8 heteroatoms. The Hall–Kier alpha value is -3.68. The zero-order valence-electron chi connectivity index (χ0n) is 19.9. The van der Waals surface area contributed by atoms with Gasteiger partial charge in [0.15, 0.2) is 5.78 Å². The molecule has 1 saturated heterocycles. The minimum atomic E-state index is -1.06. The Morgan fingerprint density at radius 3 is 2.57 bits per heavy atom. The number of amides is 2. The number of carboxylic acid groups (broad SMARTS) is 1. The van der Waals surface area contributed by atoms with Crippen LogP contribution in [0.25, 0.3) is 0 Å². The van der Waals surface area contributed by atoms with Crippen molar-refractivity contribution in [1.29, 1.82) is 0 Å². The van der Waals surface area contributed by atoms with Crippen LogP contribution < -0.4 is 0 Å². The van der Waals surface area contributed by atoms with E-state index in [-0.39, 0.29) is 35.0 Å². The SMILES string of the molecule is CC1=CC=CC2C(=O)N=C(C[C@H](C)CC(=O)N3CCC(C(=O)c4cccc(C(=O)O)c4)CC3)N=C12. The Morgan fingerprint density at radius 1 is 1.14 bits per heavy atom. The van der Waals surface area contributed by atoms with Gasteiger partial charge in [-0.3, -0.25) is 14.4 Å². The lowest BCUT2D eigenvalue weighted by Gasteiger charge is -2.32. The first-order valence-corrected chi connectivity index (χ1v) is 11.9. The number of amidine groups is 1. The van der Waals surface area contributed by atoms with Crippen LogP contribution in [0, 0.1) is 17.8 Å². The number of hydrogen-bond donors (Lipinski definition) is 1. The molecular weight excluding hydrogens is 446 g/mol. The smallest absolute Gasteiger partial charge is 0.335 e. The molecule has 0 saturated carbocycles. The van der Waals surface area contributed by atoms with Gasteiger partial charge in [0.2, 0.25) is 5.91 Å². The van der Waals surface area contributed by atoms with Crippen molar-refractivity contribution in [1.82, 2.24) is 4.90 Å². The molecule has 0 spiro atoms. The van der Waals surface area contributed by atoms with Crippen LogP contribution in [0.5, 0.6) is 0 Å². The third kappa shape index (κ3) is 5.53. The van der Waals surface area contributed by atoms with Crippen LogP contribution in [-0.4, -0.2) is 58.2 Å². The number of aliphatic imine (C=N–C) groups is 2. The second-order valence-corrected chi connectivity index (χ2v) is 9.49. The molecule has 1 unspecified atom stereocenters. The fraction of sp³-hybridized carbons (Fsp3) is 0.407. The fourth-order valence-electron chi connectivity index (χ4n) is 4.79. The number of carbonyl (C=O) groups is 4. The van der Waals surface area contributed by atoms with Gasteiger partial charge in [-0.05, 0) is 43.4 Å². The van der Waals surface area contributed by atoms with Crippen molar-refractivity contribution in [2.24, 2.45) is 27.7 Å². The largest absolute Gasteiger partial charge is 0.478 e. The van der Waals surface area contributed by atoms with Crippen molar-refractivity contribution >= 4 is 35.1 Å². The summed E-state index contributed by atoms with van der Waals surface area (Å²) in [6, 6.07) is 6.09. The lowest BCUT2D eigenvalue weighted by atomic mass is 9.88. The molecule has 1 aromatic carbocycles. The van der Waals surface area contributed by atoms with E-state index in [2.05, 4.69) is 9.98 Å². The quantitative estimate of drug-likeness (QED) is 0.603. The third-order valence-electron chi connectivity index (χ3n) is 6.77. The van der Waals surface area contributed by atoms with E-state index in [0.29, 0.717) is 50.2 Å². The van der Waals surface area contributed by atoms with Crippen LogP contribution >= 0.6 is 0 Å². The van der Waals surface area contributed by atoms with Gasteiger partial charge in [-0.1, -0.05) is 37.3 Å². The van der Waals surface area contributed by atoms with Crippen molar-refractivity contribution in [3.05, 3.63) is 59.2 Å².